The molecule has 0 saturated carbocycles. The lowest BCUT2D eigenvalue weighted by Crippen LogP contribution is -1.80. The Balaban J connectivity index is 2.94. The molecule has 0 unspecified atom stereocenters. The Morgan fingerprint density at radius 3 is 3.00 bits per heavy atom. The fourth-order valence-corrected chi connectivity index (χ4v) is 3.19. The lowest BCUT2D eigenvalue weighted by Gasteiger charge is -2.01. The molecule has 0 amide bonds. The maximum absolute atomic E-state index is 6.11. The maximum atomic E-state index is 6.11. The van der Waals surface area contributed by atoms with Crippen molar-refractivity contribution < 1.29 is 0 Å². The van der Waals surface area contributed by atoms with Gasteiger partial charge >= 0.3 is 0 Å². The molecule has 1 heterocycles. The van der Waals surface area contributed by atoms with Crippen LogP contribution in [0.15, 0.2) is 17.5 Å². The van der Waals surface area contributed by atoms with Gasteiger partial charge in [-0.2, -0.15) is 0 Å². The smallest absolute Gasteiger partial charge is 0.0575 e. The quantitative estimate of drug-likeness (QED) is 0.630. The highest BCUT2D eigenvalue weighted by Crippen LogP contribution is 2.32. The van der Waals surface area contributed by atoms with Crippen LogP contribution in [0, 0.1) is 10.5 Å². The summed E-state index contributed by atoms with van der Waals surface area (Å²) in [5.41, 5.74) is 1.19. The monoisotopic (exact) mass is 308 g/mol. The van der Waals surface area contributed by atoms with Crippen LogP contribution in [0.2, 0.25) is 5.02 Å². The predicted molar refractivity (Wildman–Crippen MR) is 64.3 cm³/mol. The van der Waals surface area contributed by atoms with Crippen LogP contribution in [0.1, 0.15) is 5.56 Å². The molecule has 0 saturated heterocycles. The summed E-state index contributed by atoms with van der Waals surface area (Å²) in [6.07, 6.45) is 0. The first-order valence-electron chi connectivity index (χ1n) is 3.52. The summed E-state index contributed by atoms with van der Waals surface area (Å²) < 4.78 is 2.46. The second-order valence-electron chi connectivity index (χ2n) is 2.63. The van der Waals surface area contributed by atoms with Gasteiger partial charge in [-0.3, -0.25) is 0 Å². The van der Waals surface area contributed by atoms with Gasteiger partial charge in [-0.15, -0.1) is 11.3 Å². The number of fused-ring (bicyclic) bond motifs is 1. The van der Waals surface area contributed by atoms with Crippen molar-refractivity contribution in [1.29, 1.82) is 0 Å². The molecular formula is C9H6ClIS. The summed E-state index contributed by atoms with van der Waals surface area (Å²) in [7, 11) is 0. The van der Waals surface area contributed by atoms with E-state index in [2.05, 4.69) is 47.0 Å². The zero-order valence-corrected chi connectivity index (χ0v) is 10.1. The van der Waals surface area contributed by atoms with Gasteiger partial charge in [-0.05, 0) is 58.0 Å². The number of thiophene rings is 1. The summed E-state index contributed by atoms with van der Waals surface area (Å²) in [6, 6.07) is 4.26. The van der Waals surface area contributed by atoms with Crippen molar-refractivity contribution >= 4 is 55.6 Å². The molecule has 0 atom stereocenters. The van der Waals surface area contributed by atoms with E-state index in [0.29, 0.717) is 0 Å². The van der Waals surface area contributed by atoms with Crippen molar-refractivity contribution in [2.24, 2.45) is 0 Å². The summed E-state index contributed by atoms with van der Waals surface area (Å²) in [6.45, 7) is 2.07. The SMILES string of the molecule is Cc1c(Cl)c(I)cc2sccc12. The minimum absolute atomic E-state index is 0.890. The topological polar surface area (TPSA) is 0 Å². The summed E-state index contributed by atoms with van der Waals surface area (Å²) in [4.78, 5) is 0. The van der Waals surface area contributed by atoms with Crippen LogP contribution < -0.4 is 0 Å². The van der Waals surface area contributed by atoms with Gasteiger partial charge in [0.2, 0.25) is 0 Å². The lowest BCUT2D eigenvalue weighted by atomic mass is 10.1. The molecule has 0 radical (unpaired) electrons. The standard InChI is InChI=1S/C9H6ClIS/c1-5-6-2-3-12-8(6)4-7(11)9(5)10/h2-4H,1H3. The Morgan fingerprint density at radius 2 is 2.25 bits per heavy atom. The van der Waals surface area contributed by atoms with Crippen molar-refractivity contribution in [3.63, 3.8) is 0 Å². The number of aryl methyl sites for hydroxylation is 1. The molecule has 0 N–H and O–H groups in total. The molecule has 0 aliphatic carbocycles. The van der Waals surface area contributed by atoms with Crippen LogP contribution >= 0.6 is 45.5 Å². The van der Waals surface area contributed by atoms with Crippen molar-refractivity contribution in [3.05, 3.63) is 31.7 Å². The van der Waals surface area contributed by atoms with Gasteiger partial charge in [0.25, 0.3) is 0 Å². The van der Waals surface area contributed by atoms with E-state index in [0.717, 1.165) is 8.59 Å². The van der Waals surface area contributed by atoms with E-state index in [9.17, 15) is 0 Å². The number of benzene rings is 1. The van der Waals surface area contributed by atoms with Gasteiger partial charge in [0, 0.05) is 8.27 Å². The summed E-state index contributed by atoms with van der Waals surface area (Å²) in [5, 5.41) is 4.27. The van der Waals surface area contributed by atoms with E-state index in [1.165, 1.54) is 15.6 Å². The van der Waals surface area contributed by atoms with Crippen molar-refractivity contribution in [2.45, 2.75) is 6.92 Å². The fraction of sp³-hybridized carbons (Fsp3) is 0.111. The fourth-order valence-electron chi connectivity index (χ4n) is 1.22. The Bertz CT molecular complexity index is 433. The molecule has 3 heteroatoms. The number of rotatable bonds is 0. The van der Waals surface area contributed by atoms with Crippen LogP contribution in [-0.2, 0) is 0 Å². The molecule has 0 aliphatic heterocycles. The van der Waals surface area contributed by atoms with E-state index in [-0.39, 0.29) is 0 Å². The average Bonchev–Trinajstić information content (AvgIpc) is 2.48. The van der Waals surface area contributed by atoms with Gasteiger partial charge in [-0.25, -0.2) is 0 Å². The zero-order valence-electron chi connectivity index (χ0n) is 6.40. The molecule has 0 bridgehead atoms. The van der Waals surface area contributed by atoms with Crippen molar-refractivity contribution in [3.8, 4) is 0 Å². The Kier molecular flexibility index (Phi) is 2.31. The molecule has 2 rings (SSSR count). The van der Waals surface area contributed by atoms with Crippen LogP contribution in [-0.4, -0.2) is 0 Å². The van der Waals surface area contributed by atoms with E-state index in [4.69, 9.17) is 11.6 Å². The first-order chi connectivity index (χ1) is 5.70. The normalized spacial score (nSPS) is 10.9. The Hall–Kier alpha value is 0.200. The molecule has 0 aliphatic rings. The van der Waals surface area contributed by atoms with Gasteiger partial charge in [0.15, 0.2) is 0 Å². The second-order valence-corrected chi connectivity index (χ2v) is 5.12. The third-order valence-electron chi connectivity index (χ3n) is 1.90. The molecule has 12 heavy (non-hydrogen) atoms. The highest BCUT2D eigenvalue weighted by atomic mass is 127. The zero-order chi connectivity index (χ0) is 8.72. The summed E-state index contributed by atoms with van der Waals surface area (Å²) in [5.74, 6) is 0. The first-order valence-corrected chi connectivity index (χ1v) is 5.85. The van der Waals surface area contributed by atoms with Crippen molar-refractivity contribution in [2.75, 3.05) is 0 Å². The number of halogens is 2. The van der Waals surface area contributed by atoms with Gasteiger partial charge in [-0.1, -0.05) is 11.6 Å². The second kappa shape index (κ2) is 3.16. The third-order valence-corrected chi connectivity index (χ3v) is 4.42. The maximum Gasteiger partial charge on any atom is 0.0575 e. The van der Waals surface area contributed by atoms with Crippen LogP contribution in [0.5, 0.6) is 0 Å². The van der Waals surface area contributed by atoms with Crippen LogP contribution in [0.3, 0.4) is 0 Å². The molecule has 0 spiro atoms. The molecule has 62 valence electrons. The lowest BCUT2D eigenvalue weighted by molar-refractivity contribution is 1.52. The highest BCUT2D eigenvalue weighted by Gasteiger charge is 2.06. The minimum Gasteiger partial charge on any atom is -0.144 e. The predicted octanol–water partition coefficient (Wildman–Crippen LogP) is 4.47. The van der Waals surface area contributed by atoms with Gasteiger partial charge in [0.05, 0.1) is 5.02 Å². The van der Waals surface area contributed by atoms with Crippen LogP contribution in [0.25, 0.3) is 10.1 Å². The average molecular weight is 309 g/mol. The Labute approximate surface area is 93.7 Å². The largest absolute Gasteiger partial charge is 0.144 e. The van der Waals surface area contributed by atoms with E-state index in [1.54, 1.807) is 11.3 Å². The highest BCUT2D eigenvalue weighted by molar-refractivity contribution is 14.1. The number of hydrogen-bond acceptors (Lipinski definition) is 1. The molecule has 1 aromatic carbocycles. The third kappa shape index (κ3) is 1.26. The van der Waals surface area contributed by atoms with Gasteiger partial charge in [0.1, 0.15) is 0 Å². The molecular weight excluding hydrogens is 303 g/mol. The number of hydrogen-bond donors (Lipinski definition) is 0. The van der Waals surface area contributed by atoms with Crippen LogP contribution in [0.4, 0.5) is 0 Å². The molecule has 0 fully saturated rings. The summed E-state index contributed by atoms with van der Waals surface area (Å²) >= 11 is 10.1. The van der Waals surface area contributed by atoms with E-state index >= 15 is 0 Å². The Morgan fingerprint density at radius 1 is 1.50 bits per heavy atom. The molecule has 1 aromatic heterocycles. The van der Waals surface area contributed by atoms with E-state index in [1.807, 2.05) is 0 Å². The molecule has 0 nitrogen and oxygen atoms in total. The van der Waals surface area contributed by atoms with E-state index < -0.39 is 0 Å². The van der Waals surface area contributed by atoms with Crippen molar-refractivity contribution in [1.82, 2.24) is 0 Å². The minimum atomic E-state index is 0.890. The van der Waals surface area contributed by atoms with Gasteiger partial charge < -0.3 is 0 Å². The first kappa shape index (κ1) is 8.78. The molecule has 2 aromatic rings.